The maximum atomic E-state index is 13.5. The fraction of sp³-hybridized carbons (Fsp3) is 0.208. The molecule has 0 fully saturated rings. The number of rotatable bonds is 4. The first-order valence-electron chi connectivity index (χ1n) is 9.74. The number of ether oxygens (including phenoxy) is 1. The SMILES string of the molecule is COC(=O)c1cc2c(n1S(=O)(=O)c1ccc(C)cc1)CC/C2=C\c1cccc(C)c1. The molecule has 1 aliphatic carbocycles. The molecule has 0 N–H and O–H groups in total. The largest absolute Gasteiger partial charge is 0.464 e. The Balaban J connectivity index is 1.89. The van der Waals surface area contributed by atoms with Crippen LogP contribution in [0.2, 0.25) is 0 Å². The first-order valence-corrected chi connectivity index (χ1v) is 11.2. The lowest BCUT2D eigenvalue weighted by atomic mass is 10.0. The molecule has 3 aromatic rings. The van der Waals surface area contributed by atoms with Gasteiger partial charge in [-0.2, -0.15) is 0 Å². The van der Waals surface area contributed by atoms with Gasteiger partial charge in [-0.25, -0.2) is 17.2 Å². The van der Waals surface area contributed by atoms with Crippen molar-refractivity contribution in [3.8, 4) is 0 Å². The molecule has 0 bridgehead atoms. The Labute approximate surface area is 176 Å². The molecule has 0 amide bonds. The normalized spacial score (nSPS) is 14.7. The van der Waals surface area contributed by atoms with Crippen LogP contribution in [-0.2, 0) is 21.2 Å². The minimum atomic E-state index is -3.94. The van der Waals surface area contributed by atoms with Crippen LogP contribution >= 0.6 is 0 Å². The summed E-state index contributed by atoms with van der Waals surface area (Å²) >= 11 is 0. The summed E-state index contributed by atoms with van der Waals surface area (Å²) in [4.78, 5) is 12.6. The van der Waals surface area contributed by atoms with Crippen LogP contribution in [0.25, 0.3) is 11.6 Å². The number of hydrogen-bond acceptors (Lipinski definition) is 4. The van der Waals surface area contributed by atoms with Crippen molar-refractivity contribution in [2.24, 2.45) is 0 Å². The van der Waals surface area contributed by atoms with Crippen molar-refractivity contribution < 1.29 is 17.9 Å². The van der Waals surface area contributed by atoms with Gasteiger partial charge < -0.3 is 4.74 Å². The molecular formula is C24H23NO4S. The maximum absolute atomic E-state index is 13.5. The molecule has 1 aliphatic rings. The van der Waals surface area contributed by atoms with Crippen LogP contribution in [-0.4, -0.2) is 25.5 Å². The van der Waals surface area contributed by atoms with E-state index in [2.05, 4.69) is 12.1 Å². The van der Waals surface area contributed by atoms with Gasteiger partial charge in [0.05, 0.1) is 12.0 Å². The summed E-state index contributed by atoms with van der Waals surface area (Å²) in [5, 5.41) is 0. The molecule has 0 radical (unpaired) electrons. The second kappa shape index (κ2) is 7.61. The Bertz CT molecular complexity index is 1270. The number of methoxy groups -OCH3 is 1. The highest BCUT2D eigenvalue weighted by Crippen LogP contribution is 2.38. The third-order valence-corrected chi connectivity index (χ3v) is 7.14. The molecule has 154 valence electrons. The van der Waals surface area contributed by atoms with Crippen LogP contribution in [0.3, 0.4) is 0 Å². The number of allylic oxidation sites excluding steroid dienone is 1. The maximum Gasteiger partial charge on any atom is 0.355 e. The topological polar surface area (TPSA) is 65.4 Å². The van der Waals surface area contributed by atoms with E-state index in [-0.39, 0.29) is 10.6 Å². The van der Waals surface area contributed by atoms with E-state index in [0.717, 1.165) is 31.8 Å². The van der Waals surface area contributed by atoms with E-state index < -0.39 is 16.0 Å². The van der Waals surface area contributed by atoms with Gasteiger partial charge in [0.25, 0.3) is 10.0 Å². The van der Waals surface area contributed by atoms with E-state index in [1.165, 1.54) is 7.11 Å². The average molecular weight is 422 g/mol. The Morgan fingerprint density at radius 1 is 1.00 bits per heavy atom. The predicted molar refractivity (Wildman–Crippen MR) is 117 cm³/mol. The van der Waals surface area contributed by atoms with Crippen molar-refractivity contribution in [2.45, 2.75) is 31.6 Å². The molecule has 0 atom stereocenters. The highest BCUT2D eigenvalue weighted by molar-refractivity contribution is 7.90. The molecule has 0 unspecified atom stereocenters. The molecule has 0 spiro atoms. The number of benzene rings is 2. The first-order chi connectivity index (χ1) is 14.3. The first kappa shape index (κ1) is 20.2. The average Bonchev–Trinajstić information content (AvgIpc) is 3.28. The smallest absolute Gasteiger partial charge is 0.355 e. The summed E-state index contributed by atoms with van der Waals surface area (Å²) in [5.41, 5.74) is 5.60. The fourth-order valence-electron chi connectivity index (χ4n) is 3.88. The van der Waals surface area contributed by atoms with Crippen molar-refractivity contribution in [3.63, 3.8) is 0 Å². The Morgan fingerprint density at radius 2 is 1.73 bits per heavy atom. The van der Waals surface area contributed by atoms with Crippen LogP contribution in [0.15, 0.2) is 59.5 Å². The summed E-state index contributed by atoms with van der Waals surface area (Å²) in [5.74, 6) is -0.671. The summed E-state index contributed by atoms with van der Waals surface area (Å²) in [6, 6.07) is 16.4. The minimum absolute atomic E-state index is 0.0258. The molecule has 2 aromatic carbocycles. The molecule has 4 rings (SSSR count). The lowest BCUT2D eigenvalue weighted by Gasteiger charge is -2.12. The monoisotopic (exact) mass is 421 g/mol. The van der Waals surface area contributed by atoms with Gasteiger partial charge in [-0.05, 0) is 56.0 Å². The van der Waals surface area contributed by atoms with Crippen molar-refractivity contribution in [3.05, 3.63) is 88.2 Å². The second-order valence-electron chi connectivity index (χ2n) is 7.55. The van der Waals surface area contributed by atoms with Gasteiger partial charge in [0.15, 0.2) is 0 Å². The van der Waals surface area contributed by atoms with E-state index in [1.54, 1.807) is 30.3 Å². The molecular weight excluding hydrogens is 398 g/mol. The van der Waals surface area contributed by atoms with Crippen LogP contribution in [0.5, 0.6) is 0 Å². The standard InChI is InChI=1S/C24H23NO4S/c1-16-7-10-20(11-8-16)30(27,28)25-22-12-9-19(14-18-6-4-5-17(2)13-18)21(22)15-23(25)24(26)29-3/h4-8,10-11,13-15H,9,12H2,1-3H3/b19-14+. The van der Waals surface area contributed by atoms with E-state index in [9.17, 15) is 13.2 Å². The van der Waals surface area contributed by atoms with Gasteiger partial charge in [0.2, 0.25) is 0 Å². The van der Waals surface area contributed by atoms with E-state index in [0.29, 0.717) is 18.5 Å². The fourth-order valence-corrected chi connectivity index (χ4v) is 5.44. The molecule has 6 heteroatoms. The number of aryl methyl sites for hydroxylation is 2. The lowest BCUT2D eigenvalue weighted by Crippen LogP contribution is -2.21. The van der Waals surface area contributed by atoms with Crippen LogP contribution < -0.4 is 0 Å². The summed E-state index contributed by atoms with van der Waals surface area (Å²) in [6.45, 7) is 3.92. The molecule has 0 saturated carbocycles. The zero-order valence-corrected chi connectivity index (χ0v) is 18.0. The molecule has 1 heterocycles. The highest BCUT2D eigenvalue weighted by Gasteiger charge is 2.33. The molecule has 30 heavy (non-hydrogen) atoms. The van der Waals surface area contributed by atoms with Crippen LogP contribution in [0, 0.1) is 13.8 Å². The third kappa shape index (κ3) is 3.48. The highest BCUT2D eigenvalue weighted by atomic mass is 32.2. The lowest BCUT2D eigenvalue weighted by molar-refractivity contribution is 0.0592. The van der Waals surface area contributed by atoms with Crippen LogP contribution in [0.4, 0.5) is 0 Å². The van der Waals surface area contributed by atoms with Gasteiger partial charge in [0, 0.05) is 11.3 Å². The van der Waals surface area contributed by atoms with Crippen molar-refractivity contribution in [1.29, 1.82) is 0 Å². The number of carbonyl (C=O) groups is 1. The number of hydrogen-bond donors (Lipinski definition) is 0. The van der Waals surface area contributed by atoms with Crippen molar-refractivity contribution >= 4 is 27.6 Å². The van der Waals surface area contributed by atoms with Gasteiger partial charge in [0.1, 0.15) is 5.69 Å². The van der Waals surface area contributed by atoms with Crippen LogP contribution in [0.1, 0.15) is 44.9 Å². The van der Waals surface area contributed by atoms with Gasteiger partial charge in [-0.1, -0.05) is 53.6 Å². The van der Waals surface area contributed by atoms with Gasteiger partial charge in [-0.3, -0.25) is 0 Å². The summed E-state index contributed by atoms with van der Waals surface area (Å²) in [7, 11) is -2.68. The van der Waals surface area contributed by atoms with Crippen molar-refractivity contribution in [2.75, 3.05) is 7.11 Å². The number of aromatic nitrogens is 1. The van der Waals surface area contributed by atoms with E-state index >= 15 is 0 Å². The van der Waals surface area contributed by atoms with Crippen molar-refractivity contribution in [1.82, 2.24) is 3.97 Å². The summed E-state index contributed by atoms with van der Waals surface area (Å²) < 4.78 is 33.0. The van der Waals surface area contributed by atoms with E-state index in [1.807, 2.05) is 32.0 Å². The number of esters is 1. The Hall–Kier alpha value is -3.12. The quantitative estimate of drug-likeness (QED) is 0.577. The molecule has 1 aromatic heterocycles. The molecule has 5 nitrogen and oxygen atoms in total. The molecule has 0 saturated heterocycles. The zero-order valence-electron chi connectivity index (χ0n) is 17.2. The second-order valence-corrected chi connectivity index (χ2v) is 9.33. The van der Waals surface area contributed by atoms with Gasteiger partial charge in [-0.15, -0.1) is 0 Å². The number of carbonyl (C=O) groups excluding carboxylic acids is 1. The predicted octanol–water partition coefficient (Wildman–Crippen LogP) is 4.62. The van der Waals surface area contributed by atoms with E-state index in [4.69, 9.17) is 4.74 Å². The number of fused-ring (bicyclic) bond motifs is 1. The van der Waals surface area contributed by atoms with Gasteiger partial charge >= 0.3 is 5.97 Å². The summed E-state index contributed by atoms with van der Waals surface area (Å²) in [6.07, 6.45) is 3.31. The molecule has 0 aliphatic heterocycles. The zero-order chi connectivity index (χ0) is 21.5. The third-order valence-electron chi connectivity index (χ3n) is 5.37. The number of nitrogens with zero attached hydrogens (tertiary/aromatic N) is 1. The Morgan fingerprint density at radius 3 is 2.40 bits per heavy atom. The Kier molecular flexibility index (Phi) is 5.12. The minimum Gasteiger partial charge on any atom is -0.464 e.